The molecule has 1 aromatic carbocycles. The molecule has 1 heterocycles. The number of esters is 1. The third-order valence-electron chi connectivity index (χ3n) is 2.33. The second kappa shape index (κ2) is 5.74. The van der Waals surface area contributed by atoms with E-state index in [1.165, 1.54) is 0 Å². The van der Waals surface area contributed by atoms with Gasteiger partial charge in [-0.3, -0.25) is 4.72 Å². The first kappa shape index (κ1) is 15.3. The Morgan fingerprint density at radius 1 is 1.38 bits per heavy atom. The summed E-state index contributed by atoms with van der Waals surface area (Å²) in [5, 5.41) is 0. The molecule has 0 saturated heterocycles. The molecule has 0 saturated carbocycles. The first-order valence-corrected chi connectivity index (χ1v) is 7.71. The second-order valence-electron chi connectivity index (χ2n) is 3.71. The number of methoxy groups -OCH3 is 1. The summed E-state index contributed by atoms with van der Waals surface area (Å²) in [5.74, 6) is -2.72. The largest absolute Gasteiger partial charge is 0.464 e. The van der Waals surface area contributed by atoms with E-state index in [1.807, 2.05) is 4.72 Å². The van der Waals surface area contributed by atoms with E-state index >= 15 is 0 Å². The van der Waals surface area contributed by atoms with E-state index in [0.29, 0.717) is 17.4 Å². The van der Waals surface area contributed by atoms with Crippen molar-refractivity contribution in [2.24, 2.45) is 0 Å². The number of aromatic nitrogens is 1. The lowest BCUT2D eigenvalue weighted by Gasteiger charge is -2.08. The Balaban J connectivity index is 2.42. The van der Waals surface area contributed by atoms with Crippen molar-refractivity contribution in [1.82, 2.24) is 4.98 Å². The first-order valence-electron chi connectivity index (χ1n) is 5.35. The minimum absolute atomic E-state index is 0.424. The van der Waals surface area contributed by atoms with Gasteiger partial charge in [0.15, 0.2) is 9.90 Å². The number of nitrogens with zero attached hydrogens (tertiary/aromatic N) is 1. The van der Waals surface area contributed by atoms with Crippen molar-refractivity contribution >= 4 is 33.0 Å². The van der Waals surface area contributed by atoms with Gasteiger partial charge in [0.25, 0.3) is 10.0 Å². The summed E-state index contributed by atoms with van der Waals surface area (Å²) in [4.78, 5) is 15.0. The fourth-order valence-corrected chi connectivity index (χ4v) is 3.62. The number of sulfonamides is 1. The van der Waals surface area contributed by atoms with Crippen LogP contribution in [0.15, 0.2) is 27.9 Å². The van der Waals surface area contributed by atoms with Crippen molar-refractivity contribution in [1.29, 1.82) is 0 Å². The van der Waals surface area contributed by atoms with E-state index in [4.69, 9.17) is 0 Å². The number of anilines is 1. The number of ether oxygens (including phenoxy) is 1. The highest BCUT2D eigenvalue weighted by molar-refractivity contribution is 7.94. The third kappa shape index (κ3) is 3.16. The highest BCUT2D eigenvalue weighted by atomic mass is 32.2. The lowest BCUT2D eigenvalue weighted by molar-refractivity contribution is 0.0590. The Morgan fingerprint density at radius 3 is 2.76 bits per heavy atom. The predicted octanol–water partition coefficient (Wildman–Crippen LogP) is 2.01. The SMILES string of the molecule is COC(=O)c1ncsc1S(=O)(=O)Nc1cc(F)ccc1F. The van der Waals surface area contributed by atoms with Gasteiger partial charge in [0.1, 0.15) is 11.6 Å². The predicted molar refractivity (Wildman–Crippen MR) is 70.6 cm³/mol. The van der Waals surface area contributed by atoms with Crippen LogP contribution in [0.2, 0.25) is 0 Å². The van der Waals surface area contributed by atoms with Crippen molar-refractivity contribution in [3.05, 3.63) is 41.0 Å². The van der Waals surface area contributed by atoms with Gasteiger partial charge in [-0.1, -0.05) is 0 Å². The van der Waals surface area contributed by atoms with E-state index in [9.17, 15) is 22.0 Å². The summed E-state index contributed by atoms with van der Waals surface area (Å²) in [5.41, 5.74) is 0.133. The molecule has 0 spiro atoms. The molecule has 0 unspecified atom stereocenters. The maximum atomic E-state index is 13.5. The maximum Gasteiger partial charge on any atom is 0.358 e. The number of nitrogens with one attached hydrogen (secondary N) is 1. The van der Waals surface area contributed by atoms with E-state index < -0.39 is 43.2 Å². The molecule has 0 radical (unpaired) electrons. The molecule has 0 fully saturated rings. The minimum atomic E-state index is -4.30. The summed E-state index contributed by atoms with van der Waals surface area (Å²) in [7, 11) is -3.23. The molecule has 0 atom stereocenters. The summed E-state index contributed by atoms with van der Waals surface area (Å²) in [6, 6.07) is 2.31. The molecular formula is C11H8F2N2O4S2. The fourth-order valence-electron chi connectivity index (χ4n) is 1.43. The highest BCUT2D eigenvalue weighted by Gasteiger charge is 2.27. The molecule has 21 heavy (non-hydrogen) atoms. The quantitative estimate of drug-likeness (QED) is 0.865. The summed E-state index contributed by atoms with van der Waals surface area (Å²) < 4.78 is 56.6. The van der Waals surface area contributed by atoms with Crippen molar-refractivity contribution < 1.29 is 26.7 Å². The monoisotopic (exact) mass is 334 g/mol. The summed E-state index contributed by atoms with van der Waals surface area (Å²) >= 11 is 0.651. The van der Waals surface area contributed by atoms with E-state index in [0.717, 1.165) is 24.8 Å². The molecule has 0 aliphatic heterocycles. The van der Waals surface area contributed by atoms with E-state index in [-0.39, 0.29) is 0 Å². The van der Waals surface area contributed by atoms with Gasteiger partial charge in [-0.2, -0.15) is 0 Å². The number of halogens is 2. The molecule has 2 rings (SSSR count). The van der Waals surface area contributed by atoms with Crippen LogP contribution in [-0.4, -0.2) is 26.5 Å². The standard InChI is InChI=1S/C11H8F2N2O4S2/c1-19-10(16)9-11(20-5-14-9)21(17,18)15-8-4-6(12)2-3-7(8)13/h2-5,15H,1H3. The maximum absolute atomic E-state index is 13.5. The van der Waals surface area contributed by atoms with Crippen molar-refractivity contribution in [3.63, 3.8) is 0 Å². The Hall–Kier alpha value is -2.07. The number of carbonyl (C=O) groups excluding carboxylic acids is 1. The number of benzene rings is 1. The van der Waals surface area contributed by atoms with Gasteiger partial charge in [-0.25, -0.2) is 27.0 Å². The van der Waals surface area contributed by atoms with Crippen LogP contribution in [0.4, 0.5) is 14.5 Å². The Morgan fingerprint density at radius 2 is 2.10 bits per heavy atom. The van der Waals surface area contributed by atoms with Crippen LogP contribution in [0.25, 0.3) is 0 Å². The Kier molecular flexibility index (Phi) is 4.19. The van der Waals surface area contributed by atoms with Gasteiger partial charge in [0, 0.05) is 6.07 Å². The second-order valence-corrected chi connectivity index (χ2v) is 6.44. The van der Waals surface area contributed by atoms with Crippen molar-refractivity contribution in [2.75, 3.05) is 11.8 Å². The number of thiazole rings is 1. The number of carbonyl (C=O) groups is 1. The lowest BCUT2D eigenvalue weighted by Crippen LogP contribution is -2.17. The van der Waals surface area contributed by atoms with Crippen molar-refractivity contribution in [3.8, 4) is 0 Å². The minimum Gasteiger partial charge on any atom is -0.464 e. The molecule has 112 valence electrons. The summed E-state index contributed by atoms with van der Waals surface area (Å²) in [6.07, 6.45) is 0. The molecule has 0 amide bonds. The Labute approximate surface area is 122 Å². The van der Waals surface area contributed by atoms with Crippen LogP contribution in [-0.2, 0) is 14.8 Å². The van der Waals surface area contributed by atoms with Crippen LogP contribution in [0.3, 0.4) is 0 Å². The molecule has 1 N–H and O–H groups in total. The van der Waals surface area contributed by atoms with Gasteiger partial charge in [0.05, 0.1) is 18.3 Å². The summed E-state index contributed by atoms with van der Waals surface area (Å²) in [6.45, 7) is 0. The zero-order valence-corrected chi connectivity index (χ0v) is 12.1. The average Bonchev–Trinajstić information content (AvgIpc) is 2.92. The molecule has 6 nitrogen and oxygen atoms in total. The van der Waals surface area contributed by atoms with Gasteiger partial charge in [-0.05, 0) is 12.1 Å². The number of hydrogen-bond acceptors (Lipinski definition) is 6. The molecule has 0 aliphatic carbocycles. The van der Waals surface area contributed by atoms with Crippen LogP contribution >= 0.6 is 11.3 Å². The topological polar surface area (TPSA) is 85.4 Å². The zero-order valence-electron chi connectivity index (χ0n) is 10.5. The molecular weight excluding hydrogens is 326 g/mol. The molecule has 0 aliphatic rings. The molecule has 10 heteroatoms. The van der Waals surface area contributed by atoms with Gasteiger partial charge in [0.2, 0.25) is 0 Å². The third-order valence-corrected chi connectivity index (χ3v) is 5.07. The molecule has 0 bridgehead atoms. The van der Waals surface area contributed by atoms with Crippen LogP contribution in [0.5, 0.6) is 0 Å². The first-order chi connectivity index (χ1) is 9.85. The van der Waals surface area contributed by atoms with Crippen LogP contribution in [0, 0.1) is 11.6 Å². The zero-order chi connectivity index (χ0) is 15.6. The molecule has 1 aromatic heterocycles. The van der Waals surface area contributed by atoms with Crippen LogP contribution in [0.1, 0.15) is 10.5 Å². The fraction of sp³-hybridized carbons (Fsp3) is 0.0909. The van der Waals surface area contributed by atoms with Gasteiger partial charge >= 0.3 is 5.97 Å². The van der Waals surface area contributed by atoms with E-state index in [1.54, 1.807) is 0 Å². The van der Waals surface area contributed by atoms with Crippen LogP contribution < -0.4 is 4.72 Å². The lowest BCUT2D eigenvalue weighted by atomic mass is 10.3. The van der Waals surface area contributed by atoms with Gasteiger partial charge in [-0.15, -0.1) is 11.3 Å². The smallest absolute Gasteiger partial charge is 0.358 e. The normalized spacial score (nSPS) is 11.2. The van der Waals surface area contributed by atoms with E-state index in [2.05, 4.69) is 9.72 Å². The number of rotatable bonds is 4. The Bertz CT molecular complexity index is 789. The average molecular weight is 334 g/mol. The highest BCUT2D eigenvalue weighted by Crippen LogP contribution is 2.25. The van der Waals surface area contributed by atoms with Crippen molar-refractivity contribution in [2.45, 2.75) is 4.21 Å². The molecule has 2 aromatic rings. The number of hydrogen-bond donors (Lipinski definition) is 1. The van der Waals surface area contributed by atoms with Gasteiger partial charge < -0.3 is 4.74 Å².